The Labute approximate surface area is 172 Å². The Morgan fingerprint density at radius 1 is 1.07 bits per heavy atom. The summed E-state index contributed by atoms with van der Waals surface area (Å²) in [5.41, 5.74) is 2.45. The van der Waals surface area contributed by atoms with Gasteiger partial charge in [-0.15, -0.1) is 0 Å². The lowest BCUT2D eigenvalue weighted by Gasteiger charge is -2.23. The Balaban J connectivity index is 1.34. The summed E-state index contributed by atoms with van der Waals surface area (Å²) >= 11 is 0. The zero-order valence-corrected chi connectivity index (χ0v) is 16.7. The van der Waals surface area contributed by atoms with E-state index in [-0.39, 0.29) is 18.1 Å². The summed E-state index contributed by atoms with van der Waals surface area (Å²) in [5, 5.41) is 9.21. The molecule has 1 unspecified atom stereocenters. The summed E-state index contributed by atoms with van der Waals surface area (Å²) in [4.78, 5) is 16.5. The molecular weight excluding hydrogens is 362 g/mol. The van der Waals surface area contributed by atoms with Crippen LogP contribution in [0.3, 0.4) is 0 Å². The number of benzene rings is 2. The average Bonchev–Trinajstić information content (AvgIpc) is 3.39. The number of ether oxygens (including phenoxy) is 1. The van der Waals surface area contributed by atoms with Crippen LogP contribution in [-0.4, -0.2) is 54.0 Å². The van der Waals surface area contributed by atoms with Crippen LogP contribution >= 0.6 is 0 Å². The van der Waals surface area contributed by atoms with E-state index in [4.69, 9.17) is 4.74 Å². The number of hydrogen-bond donors (Lipinski definition) is 0. The van der Waals surface area contributed by atoms with E-state index in [9.17, 15) is 10.1 Å². The normalized spacial score (nSPS) is 21.8. The molecule has 0 aliphatic carbocycles. The molecule has 2 aromatic carbocycles. The fourth-order valence-electron chi connectivity index (χ4n) is 4.28. The van der Waals surface area contributed by atoms with Crippen LogP contribution in [0.4, 0.5) is 0 Å². The summed E-state index contributed by atoms with van der Waals surface area (Å²) in [6.45, 7) is 2.68. The minimum atomic E-state index is -0.248. The minimum absolute atomic E-state index is 0.0687. The third-order valence-corrected chi connectivity index (χ3v) is 5.81. The lowest BCUT2D eigenvalue weighted by Crippen LogP contribution is -2.42. The highest BCUT2D eigenvalue weighted by molar-refractivity contribution is 5.79. The number of rotatable bonds is 6. The van der Waals surface area contributed by atoms with Gasteiger partial charge in [0, 0.05) is 26.1 Å². The number of carbonyl (C=O) groups is 1. The number of carbonyl (C=O) groups excluding carboxylic acids is 1. The highest BCUT2D eigenvalue weighted by atomic mass is 16.5. The van der Waals surface area contributed by atoms with Gasteiger partial charge in [-0.2, -0.15) is 5.26 Å². The topological polar surface area (TPSA) is 56.6 Å². The Bertz CT molecular complexity index is 877. The first-order valence-electron chi connectivity index (χ1n) is 10.4. The van der Waals surface area contributed by atoms with Crippen LogP contribution < -0.4 is 4.74 Å². The SMILES string of the molecule is N#CC1CCCN1C(=O)CN1CC[C@H](Oc2ccccc2Cc2ccccc2)C1. The molecule has 0 spiro atoms. The summed E-state index contributed by atoms with van der Waals surface area (Å²) in [7, 11) is 0. The number of nitriles is 1. The Hall–Kier alpha value is -2.84. The van der Waals surface area contributed by atoms with Gasteiger partial charge in [0.2, 0.25) is 5.91 Å². The van der Waals surface area contributed by atoms with Gasteiger partial charge in [-0.05, 0) is 36.5 Å². The summed E-state index contributed by atoms with van der Waals surface area (Å²) in [6, 6.07) is 20.6. The molecule has 0 saturated carbocycles. The molecule has 2 aromatic rings. The molecule has 5 nitrogen and oxygen atoms in total. The summed E-state index contributed by atoms with van der Waals surface area (Å²) in [6.07, 6.45) is 3.57. The fraction of sp³-hybridized carbons (Fsp3) is 0.417. The molecule has 5 heteroatoms. The molecule has 2 atom stereocenters. The van der Waals surface area contributed by atoms with E-state index >= 15 is 0 Å². The van der Waals surface area contributed by atoms with Gasteiger partial charge in [0.05, 0.1) is 12.6 Å². The second kappa shape index (κ2) is 9.11. The first-order chi connectivity index (χ1) is 14.2. The van der Waals surface area contributed by atoms with Crippen molar-refractivity contribution in [3.05, 3.63) is 65.7 Å². The van der Waals surface area contributed by atoms with Gasteiger partial charge in [0.25, 0.3) is 0 Å². The average molecular weight is 389 g/mol. The van der Waals surface area contributed by atoms with Crippen LogP contribution in [-0.2, 0) is 11.2 Å². The van der Waals surface area contributed by atoms with Crippen molar-refractivity contribution in [1.82, 2.24) is 9.80 Å². The first kappa shape index (κ1) is 19.5. The van der Waals surface area contributed by atoms with Crippen LogP contribution in [0.15, 0.2) is 54.6 Å². The monoisotopic (exact) mass is 389 g/mol. The molecule has 2 aliphatic heterocycles. The van der Waals surface area contributed by atoms with E-state index in [1.165, 1.54) is 11.1 Å². The number of para-hydroxylation sites is 1. The number of hydrogen-bond acceptors (Lipinski definition) is 4. The third kappa shape index (κ3) is 4.78. The molecule has 0 bridgehead atoms. The van der Waals surface area contributed by atoms with E-state index in [1.54, 1.807) is 4.90 Å². The molecule has 150 valence electrons. The molecule has 0 aromatic heterocycles. The molecule has 2 aliphatic rings. The molecule has 0 radical (unpaired) electrons. The highest BCUT2D eigenvalue weighted by Crippen LogP contribution is 2.25. The zero-order chi connectivity index (χ0) is 20.1. The second-order valence-electron chi connectivity index (χ2n) is 7.91. The molecular formula is C24H27N3O2. The Kier molecular flexibility index (Phi) is 6.12. The van der Waals surface area contributed by atoms with Crippen molar-refractivity contribution >= 4 is 5.91 Å². The van der Waals surface area contributed by atoms with Crippen molar-refractivity contribution in [2.24, 2.45) is 0 Å². The lowest BCUT2D eigenvalue weighted by molar-refractivity contribution is -0.132. The number of amides is 1. The van der Waals surface area contributed by atoms with Gasteiger partial charge >= 0.3 is 0 Å². The Morgan fingerprint density at radius 3 is 2.69 bits per heavy atom. The molecule has 2 heterocycles. The number of likely N-dealkylation sites (tertiary alicyclic amines) is 2. The predicted octanol–water partition coefficient (Wildman–Crippen LogP) is 3.25. The van der Waals surface area contributed by atoms with Gasteiger partial charge in [-0.25, -0.2) is 0 Å². The van der Waals surface area contributed by atoms with E-state index < -0.39 is 0 Å². The maximum Gasteiger partial charge on any atom is 0.237 e. The Morgan fingerprint density at radius 2 is 1.86 bits per heavy atom. The summed E-state index contributed by atoms with van der Waals surface area (Å²) in [5.74, 6) is 0.998. The van der Waals surface area contributed by atoms with Gasteiger partial charge < -0.3 is 9.64 Å². The maximum absolute atomic E-state index is 12.6. The van der Waals surface area contributed by atoms with E-state index in [2.05, 4.69) is 41.3 Å². The van der Waals surface area contributed by atoms with E-state index in [0.717, 1.165) is 44.5 Å². The smallest absolute Gasteiger partial charge is 0.237 e. The van der Waals surface area contributed by atoms with E-state index in [1.807, 2.05) is 24.3 Å². The molecule has 29 heavy (non-hydrogen) atoms. The molecule has 2 saturated heterocycles. The van der Waals surface area contributed by atoms with Crippen molar-refractivity contribution in [2.75, 3.05) is 26.2 Å². The predicted molar refractivity (Wildman–Crippen MR) is 112 cm³/mol. The van der Waals surface area contributed by atoms with Crippen LogP contribution in [0.1, 0.15) is 30.4 Å². The fourth-order valence-corrected chi connectivity index (χ4v) is 4.28. The standard InChI is InChI=1S/C24H27N3O2/c25-16-21-10-6-13-27(21)24(28)18-26-14-12-22(17-26)29-23-11-5-4-9-20(23)15-19-7-2-1-3-8-19/h1-5,7-9,11,21-22H,6,10,12-15,17-18H2/t21?,22-/m0/s1. The van der Waals surface area contributed by atoms with Crippen LogP contribution in [0.2, 0.25) is 0 Å². The van der Waals surface area contributed by atoms with Crippen LogP contribution in [0.5, 0.6) is 5.75 Å². The third-order valence-electron chi connectivity index (χ3n) is 5.81. The molecule has 1 amide bonds. The molecule has 4 rings (SSSR count). The maximum atomic E-state index is 12.6. The second-order valence-corrected chi connectivity index (χ2v) is 7.91. The molecule has 0 N–H and O–H groups in total. The minimum Gasteiger partial charge on any atom is -0.489 e. The lowest BCUT2D eigenvalue weighted by atomic mass is 10.0. The van der Waals surface area contributed by atoms with Crippen LogP contribution in [0.25, 0.3) is 0 Å². The van der Waals surface area contributed by atoms with Crippen LogP contribution in [0, 0.1) is 11.3 Å². The van der Waals surface area contributed by atoms with Crippen molar-refractivity contribution in [3.8, 4) is 11.8 Å². The first-order valence-corrected chi connectivity index (χ1v) is 10.4. The number of nitrogens with zero attached hydrogens (tertiary/aromatic N) is 3. The van der Waals surface area contributed by atoms with Crippen molar-refractivity contribution in [1.29, 1.82) is 5.26 Å². The molecule has 2 fully saturated rings. The van der Waals surface area contributed by atoms with Gasteiger partial charge in [0.1, 0.15) is 17.9 Å². The van der Waals surface area contributed by atoms with E-state index in [0.29, 0.717) is 13.1 Å². The van der Waals surface area contributed by atoms with Crippen molar-refractivity contribution in [2.45, 2.75) is 37.8 Å². The quantitative estimate of drug-likeness (QED) is 0.761. The van der Waals surface area contributed by atoms with Crippen molar-refractivity contribution < 1.29 is 9.53 Å². The van der Waals surface area contributed by atoms with Crippen molar-refractivity contribution in [3.63, 3.8) is 0 Å². The zero-order valence-electron chi connectivity index (χ0n) is 16.7. The summed E-state index contributed by atoms with van der Waals surface area (Å²) < 4.78 is 6.34. The van der Waals surface area contributed by atoms with Gasteiger partial charge in [0.15, 0.2) is 0 Å². The largest absolute Gasteiger partial charge is 0.489 e. The van der Waals surface area contributed by atoms with Gasteiger partial charge in [-0.1, -0.05) is 48.5 Å². The van der Waals surface area contributed by atoms with Gasteiger partial charge in [-0.3, -0.25) is 9.69 Å². The highest BCUT2D eigenvalue weighted by Gasteiger charge is 2.32.